The van der Waals surface area contributed by atoms with Gasteiger partial charge in [-0.3, -0.25) is 14.6 Å². The maximum Gasteiger partial charge on any atom is 0.274 e. The van der Waals surface area contributed by atoms with Crippen LogP contribution < -0.4 is 20.9 Å². The van der Waals surface area contributed by atoms with Crippen molar-refractivity contribution >= 4 is 28.6 Å². The zero-order valence-electron chi connectivity index (χ0n) is 18.6. The topological polar surface area (TPSA) is 103 Å². The van der Waals surface area contributed by atoms with Crippen LogP contribution in [0.4, 0.5) is 11.6 Å². The van der Waals surface area contributed by atoms with Crippen molar-refractivity contribution < 1.29 is 9.53 Å². The number of pyridine rings is 2. The maximum atomic E-state index is 12.7. The normalized spacial score (nSPS) is 13.2. The Balaban J connectivity index is 1.44. The van der Waals surface area contributed by atoms with Crippen LogP contribution in [0.3, 0.4) is 0 Å². The summed E-state index contributed by atoms with van der Waals surface area (Å²) in [5.74, 6) is 1.92. The molecule has 0 unspecified atom stereocenters. The van der Waals surface area contributed by atoms with Crippen LogP contribution in [0.15, 0.2) is 53.6 Å². The number of aryl methyl sites for hydroxylation is 2. The Morgan fingerprint density at radius 2 is 1.91 bits per heavy atom. The molecule has 1 fully saturated rings. The Hall–Kier alpha value is -4.14. The third-order valence-electron chi connectivity index (χ3n) is 5.78. The average Bonchev–Trinajstić information content (AvgIpc) is 3.62. The van der Waals surface area contributed by atoms with Crippen LogP contribution in [-0.2, 0) is 14.1 Å². The molecule has 0 saturated heterocycles. The van der Waals surface area contributed by atoms with Gasteiger partial charge in [0.2, 0.25) is 5.95 Å². The van der Waals surface area contributed by atoms with Gasteiger partial charge in [-0.2, -0.15) is 0 Å². The van der Waals surface area contributed by atoms with Crippen LogP contribution in [0, 0.1) is 0 Å². The van der Waals surface area contributed by atoms with E-state index >= 15 is 0 Å². The highest BCUT2D eigenvalue weighted by Gasteiger charge is 2.25. The van der Waals surface area contributed by atoms with Gasteiger partial charge in [-0.15, -0.1) is 0 Å². The molecular weight excluding hydrogens is 420 g/mol. The first kappa shape index (κ1) is 20.7. The van der Waals surface area contributed by atoms with E-state index in [-0.39, 0.29) is 17.2 Å². The number of hydrogen-bond acceptors (Lipinski definition) is 6. The highest BCUT2D eigenvalue weighted by molar-refractivity contribution is 5.92. The monoisotopic (exact) mass is 444 g/mol. The summed E-state index contributed by atoms with van der Waals surface area (Å²) in [5, 5.41) is 5.76. The summed E-state index contributed by atoms with van der Waals surface area (Å²) >= 11 is 0. The number of nitrogens with one attached hydrogen (secondary N) is 2. The summed E-state index contributed by atoms with van der Waals surface area (Å²) in [6.45, 7) is 0. The van der Waals surface area contributed by atoms with E-state index in [0.29, 0.717) is 29.1 Å². The molecule has 9 heteroatoms. The lowest BCUT2D eigenvalue weighted by Gasteiger charge is -2.10. The van der Waals surface area contributed by atoms with E-state index in [0.717, 1.165) is 23.9 Å². The number of aromatic nitrogens is 4. The van der Waals surface area contributed by atoms with Crippen molar-refractivity contribution in [2.24, 2.45) is 14.1 Å². The van der Waals surface area contributed by atoms with Gasteiger partial charge in [0.1, 0.15) is 22.9 Å². The van der Waals surface area contributed by atoms with E-state index in [2.05, 4.69) is 20.6 Å². The van der Waals surface area contributed by atoms with Gasteiger partial charge in [-0.1, -0.05) is 0 Å². The molecule has 9 nitrogen and oxygen atoms in total. The molecule has 168 valence electrons. The van der Waals surface area contributed by atoms with Gasteiger partial charge in [0.25, 0.3) is 11.5 Å². The van der Waals surface area contributed by atoms with Crippen LogP contribution in [0.1, 0.15) is 34.8 Å². The maximum absolute atomic E-state index is 12.7. The number of rotatable bonds is 6. The number of carbonyl (C=O) groups excluding carboxylic acids is 1. The highest BCUT2D eigenvalue weighted by atomic mass is 16.5. The van der Waals surface area contributed by atoms with Crippen molar-refractivity contribution in [3.8, 4) is 11.5 Å². The van der Waals surface area contributed by atoms with Crippen molar-refractivity contribution in [3.63, 3.8) is 0 Å². The van der Waals surface area contributed by atoms with Crippen LogP contribution in [-0.4, -0.2) is 32.1 Å². The molecule has 1 saturated carbocycles. The second-order valence-electron chi connectivity index (χ2n) is 8.21. The van der Waals surface area contributed by atoms with E-state index in [9.17, 15) is 9.59 Å². The first-order valence-corrected chi connectivity index (χ1v) is 10.7. The number of carbonyl (C=O) groups is 1. The molecular formula is C24H24N6O3. The van der Waals surface area contributed by atoms with Gasteiger partial charge >= 0.3 is 0 Å². The zero-order chi connectivity index (χ0) is 23.1. The minimum absolute atomic E-state index is 0.0971. The molecule has 2 N–H and O–H groups in total. The largest absolute Gasteiger partial charge is 0.457 e. The Bertz CT molecular complexity index is 1430. The molecule has 0 spiro atoms. The Morgan fingerprint density at radius 3 is 2.67 bits per heavy atom. The number of amides is 1. The Morgan fingerprint density at radius 1 is 1.12 bits per heavy atom. The molecule has 0 aliphatic heterocycles. The lowest BCUT2D eigenvalue weighted by Crippen LogP contribution is -2.20. The van der Waals surface area contributed by atoms with Crippen molar-refractivity contribution in [2.45, 2.75) is 18.8 Å². The molecule has 0 atom stereocenters. The predicted octanol–water partition coefficient (Wildman–Crippen LogP) is 3.44. The van der Waals surface area contributed by atoms with Gasteiger partial charge in [0.05, 0.1) is 11.0 Å². The highest BCUT2D eigenvalue weighted by Crippen LogP contribution is 2.40. The first-order valence-electron chi connectivity index (χ1n) is 10.7. The fourth-order valence-electron chi connectivity index (χ4n) is 3.80. The molecule has 3 heterocycles. The van der Waals surface area contributed by atoms with Gasteiger partial charge in [-0.25, -0.2) is 4.98 Å². The van der Waals surface area contributed by atoms with E-state index in [1.165, 1.54) is 11.8 Å². The van der Waals surface area contributed by atoms with Gasteiger partial charge in [0.15, 0.2) is 0 Å². The lowest BCUT2D eigenvalue weighted by atomic mass is 10.2. The number of anilines is 2. The SMILES string of the molecule is CNC(=O)c1cc(Oc2ccc3nc(Nc4cc(C5CC5)cn(C)c4=O)n(C)c3c2)ccn1. The van der Waals surface area contributed by atoms with Gasteiger partial charge < -0.3 is 24.5 Å². The van der Waals surface area contributed by atoms with E-state index in [1.54, 1.807) is 30.8 Å². The van der Waals surface area contributed by atoms with Crippen LogP contribution in [0.2, 0.25) is 0 Å². The van der Waals surface area contributed by atoms with Crippen LogP contribution in [0.5, 0.6) is 11.5 Å². The summed E-state index contributed by atoms with van der Waals surface area (Å²) < 4.78 is 9.45. The number of ether oxygens (including phenoxy) is 1. The average molecular weight is 444 g/mol. The van der Waals surface area contributed by atoms with E-state index < -0.39 is 0 Å². The smallest absolute Gasteiger partial charge is 0.274 e. The number of hydrogen-bond donors (Lipinski definition) is 2. The minimum Gasteiger partial charge on any atom is -0.457 e. The van der Waals surface area contributed by atoms with E-state index in [1.807, 2.05) is 42.1 Å². The van der Waals surface area contributed by atoms with Crippen LogP contribution in [0.25, 0.3) is 11.0 Å². The predicted molar refractivity (Wildman–Crippen MR) is 125 cm³/mol. The summed E-state index contributed by atoms with van der Waals surface area (Å²) in [5.41, 5.74) is 3.46. The van der Waals surface area contributed by atoms with Crippen molar-refractivity contribution in [1.82, 2.24) is 24.4 Å². The zero-order valence-corrected chi connectivity index (χ0v) is 18.6. The molecule has 3 aromatic heterocycles. The molecule has 0 bridgehead atoms. The number of imidazole rings is 1. The third-order valence-corrected chi connectivity index (χ3v) is 5.78. The molecule has 1 aliphatic rings. The summed E-state index contributed by atoms with van der Waals surface area (Å²) in [4.78, 5) is 33.2. The summed E-state index contributed by atoms with van der Waals surface area (Å²) in [6.07, 6.45) is 5.77. The first-order chi connectivity index (χ1) is 15.9. The number of fused-ring (bicyclic) bond motifs is 1. The summed E-state index contributed by atoms with van der Waals surface area (Å²) in [6, 6.07) is 10.7. The third kappa shape index (κ3) is 4.05. The van der Waals surface area contributed by atoms with Crippen molar-refractivity contribution in [2.75, 3.05) is 12.4 Å². The Labute approximate surface area is 190 Å². The standard InChI is InChI=1S/C24H24N6O3/c1-25-22(31)19-11-17(8-9-26-19)33-16-6-7-18-21(12-16)30(3)24(27-18)28-20-10-15(14-4-5-14)13-29(2)23(20)32/h6-14H,4-5H2,1-3H3,(H,25,31)(H,27,28). The number of nitrogens with zero attached hydrogens (tertiary/aromatic N) is 4. The number of benzene rings is 1. The quantitative estimate of drug-likeness (QED) is 0.472. The lowest BCUT2D eigenvalue weighted by molar-refractivity contribution is 0.0958. The molecule has 1 aromatic carbocycles. The fourth-order valence-corrected chi connectivity index (χ4v) is 3.80. The van der Waals surface area contributed by atoms with Crippen LogP contribution >= 0.6 is 0 Å². The molecule has 1 amide bonds. The molecule has 1 aliphatic carbocycles. The van der Waals surface area contributed by atoms with Gasteiger partial charge in [-0.05, 0) is 48.6 Å². The molecule has 5 rings (SSSR count). The second kappa shape index (κ2) is 8.09. The Kier molecular flexibility index (Phi) is 5.08. The molecule has 33 heavy (non-hydrogen) atoms. The summed E-state index contributed by atoms with van der Waals surface area (Å²) in [7, 11) is 5.21. The minimum atomic E-state index is -0.282. The van der Waals surface area contributed by atoms with Crippen molar-refractivity contribution in [1.29, 1.82) is 0 Å². The molecule has 4 aromatic rings. The second-order valence-corrected chi connectivity index (χ2v) is 8.21. The fraction of sp³-hybridized carbons (Fsp3) is 0.250. The van der Waals surface area contributed by atoms with Crippen molar-refractivity contribution in [3.05, 3.63) is 70.4 Å². The van der Waals surface area contributed by atoms with Gasteiger partial charge in [0, 0.05) is 45.7 Å². The van der Waals surface area contributed by atoms with E-state index in [4.69, 9.17) is 4.74 Å². The molecule has 0 radical (unpaired) electrons.